The smallest absolute Gasteiger partial charge is 0.258 e. The van der Waals surface area contributed by atoms with E-state index in [-0.39, 0.29) is 30.9 Å². The molecule has 30 heavy (non-hydrogen) atoms. The lowest BCUT2D eigenvalue weighted by molar-refractivity contribution is -0.123. The molecule has 0 bridgehead atoms. The van der Waals surface area contributed by atoms with Crippen LogP contribution in [0.5, 0.6) is 23.0 Å². The number of hydrogen-bond acceptors (Lipinski definition) is 6. The van der Waals surface area contributed by atoms with E-state index in [1.54, 1.807) is 36.4 Å². The number of amides is 2. The van der Waals surface area contributed by atoms with Crippen molar-refractivity contribution in [1.82, 2.24) is 5.32 Å². The number of anilines is 1. The van der Waals surface area contributed by atoms with Crippen molar-refractivity contribution in [3.8, 4) is 23.0 Å². The van der Waals surface area contributed by atoms with E-state index in [0.29, 0.717) is 28.7 Å². The highest BCUT2D eigenvalue weighted by atomic mass is 16.5. The summed E-state index contributed by atoms with van der Waals surface area (Å²) in [4.78, 5) is 24.1. The second kappa shape index (κ2) is 9.87. The maximum Gasteiger partial charge on any atom is 0.258 e. The van der Waals surface area contributed by atoms with E-state index in [1.807, 2.05) is 0 Å². The van der Waals surface area contributed by atoms with Crippen LogP contribution in [-0.2, 0) is 16.1 Å². The number of rotatable bonds is 10. The summed E-state index contributed by atoms with van der Waals surface area (Å²) in [5, 5.41) is 5.65. The van der Waals surface area contributed by atoms with Crippen LogP contribution in [0.25, 0.3) is 0 Å². The molecule has 0 unspecified atom stereocenters. The topological polar surface area (TPSA) is 95.1 Å². The van der Waals surface area contributed by atoms with Gasteiger partial charge in [0.15, 0.2) is 18.1 Å². The molecular formula is C22H26N2O6. The van der Waals surface area contributed by atoms with E-state index >= 15 is 0 Å². The molecule has 8 heteroatoms. The van der Waals surface area contributed by atoms with E-state index in [0.717, 1.165) is 18.4 Å². The number of carbonyl (C=O) groups excluding carboxylic acids is 2. The second-order valence-corrected chi connectivity index (χ2v) is 6.89. The first-order chi connectivity index (χ1) is 14.5. The summed E-state index contributed by atoms with van der Waals surface area (Å²) >= 11 is 0. The van der Waals surface area contributed by atoms with Gasteiger partial charge in [0.25, 0.3) is 5.91 Å². The van der Waals surface area contributed by atoms with Gasteiger partial charge in [-0.2, -0.15) is 0 Å². The van der Waals surface area contributed by atoms with Gasteiger partial charge in [-0.25, -0.2) is 0 Å². The van der Waals surface area contributed by atoms with Gasteiger partial charge in [0, 0.05) is 24.2 Å². The van der Waals surface area contributed by atoms with E-state index in [4.69, 9.17) is 18.9 Å². The summed E-state index contributed by atoms with van der Waals surface area (Å²) in [5.74, 6) is 1.89. The van der Waals surface area contributed by atoms with Crippen LogP contribution in [0.3, 0.4) is 0 Å². The second-order valence-electron chi connectivity index (χ2n) is 6.89. The fraction of sp³-hybridized carbons (Fsp3) is 0.364. The molecule has 2 aromatic carbocycles. The molecule has 0 aromatic heterocycles. The summed E-state index contributed by atoms with van der Waals surface area (Å²) in [6.45, 7) is 0.126. The van der Waals surface area contributed by atoms with Crippen molar-refractivity contribution in [2.24, 2.45) is 5.92 Å². The molecule has 160 valence electrons. The van der Waals surface area contributed by atoms with E-state index in [2.05, 4.69) is 10.6 Å². The Hall–Kier alpha value is -3.42. The largest absolute Gasteiger partial charge is 0.493 e. The number of methoxy groups -OCH3 is 3. The molecule has 3 rings (SSSR count). The van der Waals surface area contributed by atoms with Gasteiger partial charge < -0.3 is 29.6 Å². The van der Waals surface area contributed by atoms with Crippen LogP contribution in [0.4, 0.5) is 5.69 Å². The average molecular weight is 414 g/mol. The molecule has 1 aliphatic rings. The van der Waals surface area contributed by atoms with E-state index in [1.165, 1.54) is 21.3 Å². The maximum atomic E-state index is 12.2. The summed E-state index contributed by atoms with van der Waals surface area (Å²) in [7, 11) is 4.61. The summed E-state index contributed by atoms with van der Waals surface area (Å²) in [6.07, 6.45) is 1.88. The number of benzene rings is 2. The molecule has 0 spiro atoms. The van der Waals surface area contributed by atoms with Gasteiger partial charge in [-0.3, -0.25) is 9.59 Å². The van der Waals surface area contributed by atoms with Crippen LogP contribution in [0.1, 0.15) is 18.4 Å². The third kappa shape index (κ3) is 5.56. The lowest BCUT2D eigenvalue weighted by Gasteiger charge is -2.14. The Morgan fingerprint density at radius 1 is 1.00 bits per heavy atom. The third-order valence-electron chi connectivity index (χ3n) is 4.63. The van der Waals surface area contributed by atoms with Crippen molar-refractivity contribution >= 4 is 17.5 Å². The van der Waals surface area contributed by atoms with Crippen LogP contribution in [0.2, 0.25) is 0 Å². The zero-order valence-corrected chi connectivity index (χ0v) is 17.3. The zero-order valence-electron chi connectivity index (χ0n) is 17.3. The first-order valence-electron chi connectivity index (χ1n) is 9.63. The zero-order chi connectivity index (χ0) is 21.5. The van der Waals surface area contributed by atoms with Gasteiger partial charge in [0.1, 0.15) is 5.75 Å². The van der Waals surface area contributed by atoms with Gasteiger partial charge in [-0.1, -0.05) is 6.07 Å². The predicted octanol–water partition coefficient (Wildman–Crippen LogP) is 2.76. The SMILES string of the molecule is COc1cc(CNC(=O)COc2cccc(NC(=O)C3CC3)c2)cc(OC)c1OC. The number of ether oxygens (including phenoxy) is 4. The van der Waals surface area contributed by atoms with Crippen molar-refractivity contribution in [2.45, 2.75) is 19.4 Å². The molecule has 0 radical (unpaired) electrons. The van der Waals surface area contributed by atoms with Gasteiger partial charge in [-0.05, 0) is 42.7 Å². The van der Waals surface area contributed by atoms with E-state index in [9.17, 15) is 9.59 Å². The Labute approximate surface area is 175 Å². The van der Waals surface area contributed by atoms with Crippen molar-refractivity contribution < 1.29 is 28.5 Å². The van der Waals surface area contributed by atoms with Crippen LogP contribution < -0.4 is 29.6 Å². The number of hydrogen-bond donors (Lipinski definition) is 2. The van der Waals surface area contributed by atoms with Crippen LogP contribution in [-0.4, -0.2) is 39.8 Å². The van der Waals surface area contributed by atoms with E-state index < -0.39 is 0 Å². The molecule has 0 atom stereocenters. The highest BCUT2D eigenvalue weighted by Gasteiger charge is 2.29. The van der Waals surface area contributed by atoms with Crippen LogP contribution in [0.15, 0.2) is 36.4 Å². The molecule has 0 aliphatic heterocycles. The molecule has 1 aliphatic carbocycles. The molecular weight excluding hydrogens is 388 g/mol. The Morgan fingerprint density at radius 3 is 2.30 bits per heavy atom. The molecule has 2 amide bonds. The van der Waals surface area contributed by atoms with Crippen molar-refractivity contribution in [2.75, 3.05) is 33.3 Å². The molecule has 0 saturated heterocycles. The van der Waals surface area contributed by atoms with Gasteiger partial charge in [0.2, 0.25) is 11.7 Å². The lowest BCUT2D eigenvalue weighted by Crippen LogP contribution is -2.28. The minimum Gasteiger partial charge on any atom is -0.493 e. The van der Waals surface area contributed by atoms with Crippen molar-refractivity contribution in [1.29, 1.82) is 0 Å². The highest BCUT2D eigenvalue weighted by Crippen LogP contribution is 2.38. The van der Waals surface area contributed by atoms with Gasteiger partial charge >= 0.3 is 0 Å². The minimum atomic E-state index is -0.281. The van der Waals surface area contributed by atoms with Gasteiger partial charge in [0.05, 0.1) is 21.3 Å². The first-order valence-corrected chi connectivity index (χ1v) is 9.63. The third-order valence-corrected chi connectivity index (χ3v) is 4.63. The summed E-state index contributed by atoms with van der Waals surface area (Å²) < 4.78 is 21.5. The highest BCUT2D eigenvalue weighted by molar-refractivity contribution is 5.94. The molecule has 1 saturated carbocycles. The summed E-state index contributed by atoms with van der Waals surface area (Å²) in [6, 6.07) is 10.5. The first kappa shape index (κ1) is 21.3. The van der Waals surface area contributed by atoms with Crippen molar-refractivity contribution in [3.63, 3.8) is 0 Å². The molecule has 8 nitrogen and oxygen atoms in total. The maximum absolute atomic E-state index is 12.2. The fourth-order valence-electron chi connectivity index (χ4n) is 2.89. The number of nitrogens with one attached hydrogen (secondary N) is 2. The lowest BCUT2D eigenvalue weighted by atomic mass is 10.1. The average Bonchev–Trinajstić information content (AvgIpc) is 3.61. The minimum absolute atomic E-state index is 0.0234. The van der Waals surface area contributed by atoms with Crippen LogP contribution >= 0.6 is 0 Å². The summed E-state index contributed by atoms with van der Waals surface area (Å²) in [5.41, 5.74) is 1.45. The van der Waals surface area contributed by atoms with Gasteiger partial charge in [-0.15, -0.1) is 0 Å². The quantitative estimate of drug-likeness (QED) is 0.621. The predicted molar refractivity (Wildman–Crippen MR) is 111 cm³/mol. The standard InChI is InChI=1S/C22H26N2O6/c1-27-18-9-14(10-19(28-2)21(18)29-3)12-23-20(25)13-30-17-6-4-5-16(11-17)24-22(26)15-7-8-15/h4-6,9-11,15H,7-8,12-13H2,1-3H3,(H,23,25)(H,24,26). The fourth-order valence-corrected chi connectivity index (χ4v) is 2.89. The Kier molecular flexibility index (Phi) is 7.00. The molecule has 0 heterocycles. The van der Waals surface area contributed by atoms with Crippen molar-refractivity contribution in [3.05, 3.63) is 42.0 Å². The normalized spacial score (nSPS) is 12.6. The monoisotopic (exact) mass is 414 g/mol. The Bertz CT molecular complexity index is 885. The Balaban J connectivity index is 1.52. The Morgan fingerprint density at radius 2 is 1.70 bits per heavy atom. The molecule has 2 aromatic rings. The number of carbonyl (C=O) groups is 2. The molecule has 2 N–H and O–H groups in total. The molecule has 1 fully saturated rings. The van der Waals surface area contributed by atoms with Crippen LogP contribution in [0, 0.1) is 5.92 Å².